The Morgan fingerprint density at radius 2 is 2.23 bits per heavy atom. The summed E-state index contributed by atoms with van der Waals surface area (Å²) >= 11 is 0. The van der Waals surface area contributed by atoms with Gasteiger partial charge in [0, 0.05) is 26.0 Å². The average molecular weight is 364 g/mol. The highest BCUT2D eigenvalue weighted by Crippen LogP contribution is 2.21. The van der Waals surface area contributed by atoms with Gasteiger partial charge in [-0.2, -0.15) is 0 Å². The van der Waals surface area contributed by atoms with Gasteiger partial charge in [0.05, 0.1) is 0 Å². The number of hydrogen-bond acceptors (Lipinski definition) is 5. The third-order valence-corrected chi connectivity index (χ3v) is 5.24. The second-order valence-corrected chi connectivity index (χ2v) is 7.06. The Bertz CT molecular complexity index is 579. The maximum atomic E-state index is 11.7. The average Bonchev–Trinajstić information content (AvgIpc) is 2.66. The Morgan fingerprint density at radius 3 is 2.96 bits per heavy atom. The van der Waals surface area contributed by atoms with Crippen LogP contribution >= 0.6 is 0 Å². The van der Waals surface area contributed by atoms with E-state index in [0.717, 1.165) is 50.2 Å². The lowest BCUT2D eigenvalue weighted by atomic mass is 9.90. The summed E-state index contributed by atoms with van der Waals surface area (Å²) in [6.45, 7) is 4.23. The topological polar surface area (TPSA) is 83.5 Å². The largest absolute Gasteiger partial charge is 0.480 e. The molecular weight excluding hydrogens is 330 g/mol. The number of carbonyl (C=O) groups is 1. The molecule has 2 rings (SSSR count). The summed E-state index contributed by atoms with van der Waals surface area (Å²) in [5, 5.41) is 16.3. The highest BCUT2D eigenvalue weighted by Gasteiger charge is 2.35. The van der Waals surface area contributed by atoms with E-state index in [9.17, 15) is 9.90 Å². The number of aromatic nitrogens is 1. The zero-order valence-corrected chi connectivity index (χ0v) is 16.1. The molecule has 1 aromatic rings. The van der Waals surface area contributed by atoms with Crippen LogP contribution in [0.25, 0.3) is 0 Å². The van der Waals surface area contributed by atoms with Gasteiger partial charge in [0.25, 0.3) is 0 Å². The molecule has 0 fully saturated rings. The molecule has 1 atom stereocenters. The highest BCUT2D eigenvalue weighted by atomic mass is 16.5. The molecule has 0 saturated heterocycles. The molecule has 0 spiro atoms. The van der Waals surface area contributed by atoms with Crippen molar-refractivity contribution in [3.63, 3.8) is 0 Å². The smallest absolute Gasteiger partial charge is 0.323 e. The van der Waals surface area contributed by atoms with Crippen LogP contribution in [0.5, 0.6) is 0 Å². The summed E-state index contributed by atoms with van der Waals surface area (Å²) in [4.78, 5) is 16.5. The van der Waals surface area contributed by atoms with Crippen LogP contribution in [0.1, 0.15) is 56.7 Å². The molecule has 6 nitrogen and oxygen atoms in total. The second kappa shape index (κ2) is 10.5. The van der Waals surface area contributed by atoms with Gasteiger partial charge in [-0.1, -0.05) is 13.0 Å². The summed E-state index contributed by atoms with van der Waals surface area (Å²) in [5.41, 5.74) is 1.58. The maximum Gasteiger partial charge on any atom is 0.323 e. The minimum atomic E-state index is -0.841. The van der Waals surface area contributed by atoms with E-state index in [2.05, 4.69) is 22.8 Å². The zero-order chi connectivity index (χ0) is 18.8. The standard InChI is InChI=1S/C20H33N3O3/c1-3-20(19(24)25,12-7-15-26-2)22-14-5-4-9-17-11-10-16-8-6-13-21-18(16)23-17/h10-11,22H,3-9,12-15H2,1-2H3,(H,21,23)(H,24,25). The van der Waals surface area contributed by atoms with Crippen molar-refractivity contribution in [2.75, 3.05) is 32.1 Å². The third-order valence-electron chi connectivity index (χ3n) is 5.24. The fourth-order valence-electron chi connectivity index (χ4n) is 3.51. The Hall–Kier alpha value is -1.66. The number of rotatable bonds is 12. The number of aliphatic carboxylic acids is 1. The van der Waals surface area contributed by atoms with Crippen LogP contribution in [0, 0.1) is 0 Å². The van der Waals surface area contributed by atoms with Crippen LogP contribution in [0.3, 0.4) is 0 Å². The lowest BCUT2D eigenvalue weighted by Gasteiger charge is -2.29. The molecule has 1 aliphatic rings. The summed E-state index contributed by atoms with van der Waals surface area (Å²) in [6, 6.07) is 4.31. The third kappa shape index (κ3) is 5.68. The van der Waals surface area contributed by atoms with Crippen LogP contribution in [0.2, 0.25) is 0 Å². The first-order valence-corrected chi connectivity index (χ1v) is 9.81. The number of nitrogens with zero attached hydrogens (tertiary/aromatic N) is 1. The van der Waals surface area contributed by atoms with E-state index in [1.165, 1.54) is 12.0 Å². The highest BCUT2D eigenvalue weighted by molar-refractivity contribution is 5.78. The van der Waals surface area contributed by atoms with Crippen molar-refractivity contribution in [3.05, 3.63) is 23.4 Å². The number of methoxy groups -OCH3 is 1. The number of carboxylic acid groups (broad SMARTS) is 1. The van der Waals surface area contributed by atoms with Gasteiger partial charge in [0.15, 0.2) is 0 Å². The lowest BCUT2D eigenvalue weighted by molar-refractivity contribution is -0.145. The number of fused-ring (bicyclic) bond motifs is 1. The Labute approximate surface area is 156 Å². The van der Waals surface area contributed by atoms with Gasteiger partial charge >= 0.3 is 5.97 Å². The van der Waals surface area contributed by atoms with Crippen LogP contribution in [-0.2, 0) is 22.4 Å². The molecule has 1 unspecified atom stereocenters. The first kappa shape index (κ1) is 20.6. The first-order chi connectivity index (χ1) is 12.6. The van der Waals surface area contributed by atoms with E-state index >= 15 is 0 Å². The molecule has 26 heavy (non-hydrogen) atoms. The van der Waals surface area contributed by atoms with Crippen LogP contribution in [0.15, 0.2) is 12.1 Å². The fraction of sp³-hybridized carbons (Fsp3) is 0.700. The summed E-state index contributed by atoms with van der Waals surface area (Å²) in [5.74, 6) is 0.277. The van der Waals surface area contributed by atoms with E-state index in [1.54, 1.807) is 7.11 Å². The monoisotopic (exact) mass is 363 g/mol. The van der Waals surface area contributed by atoms with E-state index < -0.39 is 11.5 Å². The van der Waals surface area contributed by atoms with Crippen molar-refractivity contribution >= 4 is 11.8 Å². The lowest BCUT2D eigenvalue weighted by Crippen LogP contribution is -2.52. The van der Waals surface area contributed by atoms with E-state index in [1.807, 2.05) is 6.92 Å². The van der Waals surface area contributed by atoms with E-state index in [-0.39, 0.29) is 0 Å². The maximum absolute atomic E-state index is 11.7. The minimum Gasteiger partial charge on any atom is -0.480 e. The molecule has 0 saturated carbocycles. The Morgan fingerprint density at radius 1 is 1.38 bits per heavy atom. The number of carboxylic acids is 1. The van der Waals surface area contributed by atoms with Crippen molar-refractivity contribution in [1.82, 2.24) is 10.3 Å². The SMILES string of the molecule is CCC(CCCOC)(NCCCCc1ccc2c(n1)NCCC2)C(=O)O. The van der Waals surface area contributed by atoms with Crippen molar-refractivity contribution < 1.29 is 14.6 Å². The van der Waals surface area contributed by atoms with E-state index in [0.29, 0.717) is 26.0 Å². The van der Waals surface area contributed by atoms with Crippen LogP contribution in [0.4, 0.5) is 5.82 Å². The van der Waals surface area contributed by atoms with Gasteiger partial charge in [0.2, 0.25) is 0 Å². The number of pyridine rings is 1. The summed E-state index contributed by atoms with van der Waals surface area (Å²) in [6.07, 6.45) is 7.04. The molecule has 0 bridgehead atoms. The number of ether oxygens (including phenoxy) is 1. The normalized spacial score (nSPS) is 15.8. The number of anilines is 1. The van der Waals surface area contributed by atoms with Gasteiger partial charge in [-0.3, -0.25) is 4.79 Å². The van der Waals surface area contributed by atoms with Gasteiger partial charge in [0.1, 0.15) is 11.4 Å². The second-order valence-electron chi connectivity index (χ2n) is 7.06. The molecule has 2 heterocycles. The van der Waals surface area contributed by atoms with Crippen LogP contribution in [-0.4, -0.2) is 48.4 Å². The molecule has 0 aliphatic carbocycles. The Kier molecular flexibility index (Phi) is 8.32. The minimum absolute atomic E-state index is 0.574. The number of hydrogen-bond donors (Lipinski definition) is 3. The van der Waals surface area contributed by atoms with E-state index in [4.69, 9.17) is 9.72 Å². The summed E-state index contributed by atoms with van der Waals surface area (Å²) < 4.78 is 5.06. The number of aryl methyl sites for hydroxylation is 2. The molecular formula is C20H33N3O3. The number of unbranched alkanes of at least 4 members (excludes halogenated alkanes) is 1. The fourth-order valence-corrected chi connectivity index (χ4v) is 3.51. The van der Waals surface area contributed by atoms with Crippen molar-refractivity contribution in [2.45, 2.75) is 63.8 Å². The molecule has 1 aromatic heterocycles. The predicted octanol–water partition coefficient (Wildman–Crippen LogP) is 3.01. The van der Waals surface area contributed by atoms with Crippen molar-refractivity contribution in [1.29, 1.82) is 0 Å². The quantitative estimate of drug-likeness (QED) is 0.495. The van der Waals surface area contributed by atoms with Crippen molar-refractivity contribution in [2.24, 2.45) is 0 Å². The van der Waals surface area contributed by atoms with Crippen LogP contribution < -0.4 is 10.6 Å². The molecule has 0 aromatic carbocycles. The predicted molar refractivity (Wildman–Crippen MR) is 104 cm³/mol. The first-order valence-electron chi connectivity index (χ1n) is 9.81. The van der Waals surface area contributed by atoms with Gasteiger partial charge in [-0.15, -0.1) is 0 Å². The Balaban J connectivity index is 1.76. The van der Waals surface area contributed by atoms with Gasteiger partial charge < -0.3 is 20.5 Å². The molecule has 0 radical (unpaired) electrons. The number of nitrogens with one attached hydrogen (secondary N) is 2. The summed E-state index contributed by atoms with van der Waals surface area (Å²) in [7, 11) is 1.64. The molecule has 146 valence electrons. The zero-order valence-electron chi connectivity index (χ0n) is 16.1. The molecule has 0 amide bonds. The van der Waals surface area contributed by atoms with Gasteiger partial charge in [-0.25, -0.2) is 4.98 Å². The van der Waals surface area contributed by atoms with Gasteiger partial charge in [-0.05, 0) is 69.5 Å². The van der Waals surface area contributed by atoms with Crippen molar-refractivity contribution in [3.8, 4) is 0 Å². The molecule has 6 heteroatoms. The molecule has 3 N–H and O–H groups in total. The molecule has 1 aliphatic heterocycles.